The van der Waals surface area contributed by atoms with E-state index in [1.54, 1.807) is 0 Å². The molecule has 0 bridgehead atoms. The minimum Gasteiger partial charge on any atom is -0.375 e. The molecule has 0 spiro atoms. The zero-order chi connectivity index (χ0) is 17.9. The van der Waals surface area contributed by atoms with Crippen LogP contribution in [-0.2, 0) is 11.3 Å². The summed E-state index contributed by atoms with van der Waals surface area (Å²) in [6.07, 6.45) is 1.05. The fourth-order valence-electron chi connectivity index (χ4n) is 3.34. The van der Waals surface area contributed by atoms with Crippen molar-refractivity contribution < 1.29 is 4.74 Å². The van der Waals surface area contributed by atoms with Crippen LogP contribution in [0.1, 0.15) is 12.1 Å². The van der Waals surface area contributed by atoms with Crippen LogP contribution >= 0.6 is 11.8 Å². The molecule has 26 heavy (non-hydrogen) atoms. The highest BCUT2D eigenvalue weighted by atomic mass is 32.2. The average Bonchev–Trinajstić information content (AvgIpc) is 3.01. The van der Waals surface area contributed by atoms with Gasteiger partial charge >= 0.3 is 0 Å². The van der Waals surface area contributed by atoms with E-state index in [9.17, 15) is 0 Å². The zero-order valence-electron chi connectivity index (χ0n) is 15.3. The summed E-state index contributed by atoms with van der Waals surface area (Å²) in [5.41, 5.74) is 6.16. The molecule has 2 aromatic carbocycles. The third-order valence-corrected chi connectivity index (χ3v) is 5.73. The van der Waals surface area contributed by atoms with Gasteiger partial charge in [-0.05, 0) is 50.8 Å². The van der Waals surface area contributed by atoms with Gasteiger partial charge in [0.15, 0.2) is 0 Å². The van der Waals surface area contributed by atoms with Crippen molar-refractivity contribution in [1.29, 1.82) is 0 Å². The molecule has 0 saturated carbocycles. The van der Waals surface area contributed by atoms with Gasteiger partial charge in [-0.2, -0.15) is 0 Å². The number of H-pyrrole nitrogens is 1. The lowest BCUT2D eigenvalue weighted by Gasteiger charge is -2.09. The van der Waals surface area contributed by atoms with E-state index in [1.807, 2.05) is 11.8 Å². The van der Waals surface area contributed by atoms with Crippen LogP contribution in [0.2, 0.25) is 0 Å². The van der Waals surface area contributed by atoms with E-state index in [-0.39, 0.29) is 0 Å². The molecule has 2 heterocycles. The number of hydrogen-bond acceptors (Lipinski definition) is 3. The Hall–Kier alpha value is -2.01. The molecular formula is C22H24N2OS. The highest BCUT2D eigenvalue weighted by Crippen LogP contribution is 2.47. The molecule has 4 heteroatoms. The van der Waals surface area contributed by atoms with Crippen LogP contribution in [-0.4, -0.2) is 37.1 Å². The molecule has 1 aliphatic heterocycles. The van der Waals surface area contributed by atoms with Crippen LogP contribution in [0.25, 0.3) is 22.4 Å². The minimum absolute atomic E-state index is 0.623. The van der Waals surface area contributed by atoms with Crippen LogP contribution in [0.4, 0.5) is 0 Å². The maximum Gasteiger partial charge on any atom is 0.0866 e. The minimum atomic E-state index is 0.623. The monoisotopic (exact) mass is 364 g/mol. The topological polar surface area (TPSA) is 28.3 Å². The van der Waals surface area contributed by atoms with Gasteiger partial charge in [-0.25, -0.2) is 0 Å². The van der Waals surface area contributed by atoms with E-state index in [1.165, 1.54) is 32.2 Å². The Labute approximate surface area is 159 Å². The van der Waals surface area contributed by atoms with E-state index >= 15 is 0 Å². The third kappa shape index (κ3) is 3.58. The zero-order valence-corrected chi connectivity index (χ0v) is 16.1. The van der Waals surface area contributed by atoms with Gasteiger partial charge in [-0.1, -0.05) is 48.2 Å². The fourth-order valence-corrected chi connectivity index (χ4v) is 4.43. The van der Waals surface area contributed by atoms with Crippen molar-refractivity contribution in [3.8, 4) is 22.4 Å². The Morgan fingerprint density at radius 1 is 0.923 bits per heavy atom. The molecule has 0 aliphatic carbocycles. The number of aromatic amines is 1. The predicted molar refractivity (Wildman–Crippen MR) is 109 cm³/mol. The summed E-state index contributed by atoms with van der Waals surface area (Å²) < 4.78 is 5.89. The summed E-state index contributed by atoms with van der Waals surface area (Å²) in [6.45, 7) is 2.46. The Kier molecular flexibility index (Phi) is 5.16. The Morgan fingerprint density at radius 3 is 2.38 bits per heavy atom. The van der Waals surface area contributed by atoms with Gasteiger partial charge in [0.1, 0.15) is 0 Å². The first-order valence-electron chi connectivity index (χ1n) is 9.03. The molecule has 1 aliphatic rings. The molecular weight excluding hydrogens is 340 g/mol. The first-order valence-corrected chi connectivity index (χ1v) is 9.85. The first kappa shape index (κ1) is 17.4. The van der Waals surface area contributed by atoms with Crippen LogP contribution in [0.15, 0.2) is 64.4 Å². The lowest BCUT2D eigenvalue weighted by Crippen LogP contribution is -2.14. The highest BCUT2D eigenvalue weighted by Gasteiger charge is 2.21. The van der Waals surface area contributed by atoms with Gasteiger partial charge in [0.2, 0.25) is 0 Å². The molecule has 0 saturated heterocycles. The summed E-state index contributed by atoms with van der Waals surface area (Å²) >= 11 is 1.84. The molecule has 4 rings (SSSR count). The number of hydrogen-bond donors (Lipinski definition) is 1. The molecule has 1 N–H and O–H groups in total. The van der Waals surface area contributed by atoms with Crippen LogP contribution in [0, 0.1) is 0 Å². The summed E-state index contributed by atoms with van der Waals surface area (Å²) in [6, 6.07) is 19.5. The van der Waals surface area contributed by atoms with E-state index < -0.39 is 0 Å². The van der Waals surface area contributed by atoms with Gasteiger partial charge < -0.3 is 14.6 Å². The lowest BCUT2D eigenvalue weighted by molar-refractivity contribution is 0.111. The molecule has 0 unspecified atom stereocenters. The highest BCUT2D eigenvalue weighted by molar-refractivity contribution is 7.99. The summed E-state index contributed by atoms with van der Waals surface area (Å²) in [7, 11) is 4.18. The van der Waals surface area contributed by atoms with E-state index in [4.69, 9.17) is 4.74 Å². The van der Waals surface area contributed by atoms with E-state index in [0.29, 0.717) is 6.61 Å². The lowest BCUT2D eigenvalue weighted by atomic mass is 10.0. The predicted octanol–water partition coefficient (Wildman–Crippen LogP) is 5.28. The summed E-state index contributed by atoms with van der Waals surface area (Å²) in [4.78, 5) is 8.40. The van der Waals surface area contributed by atoms with Crippen molar-refractivity contribution in [2.24, 2.45) is 0 Å². The van der Waals surface area contributed by atoms with Crippen molar-refractivity contribution >= 4 is 11.8 Å². The van der Waals surface area contributed by atoms with E-state index in [2.05, 4.69) is 78.6 Å². The second-order valence-corrected chi connectivity index (χ2v) is 7.97. The molecule has 0 atom stereocenters. The first-order chi connectivity index (χ1) is 12.7. The van der Waals surface area contributed by atoms with E-state index in [0.717, 1.165) is 25.3 Å². The summed E-state index contributed by atoms with van der Waals surface area (Å²) in [5.74, 6) is 0. The second kappa shape index (κ2) is 7.70. The Morgan fingerprint density at radius 2 is 1.62 bits per heavy atom. The largest absolute Gasteiger partial charge is 0.375 e. The van der Waals surface area contributed by atoms with Gasteiger partial charge in [0.05, 0.1) is 12.3 Å². The molecule has 1 aromatic heterocycles. The van der Waals surface area contributed by atoms with Crippen LogP contribution in [0.3, 0.4) is 0 Å². The molecule has 134 valence electrons. The number of nitrogens with one attached hydrogen (secondary N) is 1. The van der Waals surface area contributed by atoms with Crippen molar-refractivity contribution in [1.82, 2.24) is 9.88 Å². The molecule has 3 aromatic rings. The van der Waals surface area contributed by atoms with Crippen molar-refractivity contribution in [3.63, 3.8) is 0 Å². The number of rotatable bonds is 6. The number of benzene rings is 2. The van der Waals surface area contributed by atoms with Crippen molar-refractivity contribution in [3.05, 3.63) is 60.3 Å². The smallest absolute Gasteiger partial charge is 0.0866 e. The quantitative estimate of drug-likeness (QED) is 0.472. The number of nitrogens with zero attached hydrogens (tertiary/aromatic N) is 1. The van der Waals surface area contributed by atoms with Gasteiger partial charge in [0.25, 0.3) is 0 Å². The second-order valence-electron chi connectivity index (χ2n) is 6.89. The average molecular weight is 365 g/mol. The number of aromatic nitrogens is 1. The number of ether oxygens (including phenoxy) is 1. The molecule has 0 radical (unpaired) electrons. The number of fused-ring (bicyclic) bond motifs is 5. The van der Waals surface area contributed by atoms with Crippen molar-refractivity contribution in [2.45, 2.75) is 22.8 Å². The fraction of sp³-hybridized carbons (Fsp3) is 0.273. The Balaban J connectivity index is 1.62. The molecule has 0 fully saturated rings. The van der Waals surface area contributed by atoms with Gasteiger partial charge in [0, 0.05) is 33.2 Å². The maximum absolute atomic E-state index is 5.89. The van der Waals surface area contributed by atoms with Gasteiger partial charge in [-0.15, -0.1) is 0 Å². The molecule has 0 amide bonds. The SMILES string of the molecule is CN(C)CCCOCc1cc2c([nH]1)-c1ccccc1Sc1ccccc1-2. The van der Waals surface area contributed by atoms with Gasteiger partial charge in [-0.3, -0.25) is 0 Å². The normalized spacial score (nSPS) is 12.4. The summed E-state index contributed by atoms with van der Waals surface area (Å²) in [5, 5.41) is 0. The third-order valence-electron chi connectivity index (χ3n) is 4.58. The van der Waals surface area contributed by atoms with Crippen molar-refractivity contribution in [2.75, 3.05) is 27.2 Å². The Bertz CT molecular complexity index is 838. The standard InChI is InChI=1S/C22H24N2OS/c1-24(2)12-7-13-25-15-16-14-19-17-8-3-5-10-20(17)26-21-11-6-4-9-18(21)22(19)23-16/h3-6,8-11,14,23H,7,12-13,15H2,1-2H3. The molecule has 3 nitrogen and oxygen atoms in total. The van der Waals surface area contributed by atoms with Crippen LogP contribution < -0.4 is 0 Å². The maximum atomic E-state index is 5.89. The van der Waals surface area contributed by atoms with Crippen LogP contribution in [0.5, 0.6) is 0 Å².